The van der Waals surface area contributed by atoms with E-state index in [0.29, 0.717) is 6.54 Å². The minimum atomic E-state index is -0.0581. The molecule has 0 bridgehead atoms. The maximum atomic E-state index is 12.3. The van der Waals surface area contributed by atoms with Crippen molar-refractivity contribution < 1.29 is 14.5 Å². The first-order valence-corrected chi connectivity index (χ1v) is 8.34. The second-order valence-electron chi connectivity index (χ2n) is 6.09. The Balaban J connectivity index is 1.66. The summed E-state index contributed by atoms with van der Waals surface area (Å²) >= 11 is 0. The molecule has 1 atom stereocenters. The number of carbonyl (C=O) groups excluding carboxylic acids is 1. The van der Waals surface area contributed by atoms with Crippen molar-refractivity contribution in [3.05, 3.63) is 65.9 Å². The van der Waals surface area contributed by atoms with Crippen LogP contribution < -0.4 is 10.6 Å². The number of furan rings is 1. The first kappa shape index (κ1) is 17.0. The molecule has 6 heteroatoms. The number of anilines is 1. The lowest BCUT2D eigenvalue weighted by atomic mass is 10.2. The number of para-hydroxylation sites is 1. The zero-order valence-corrected chi connectivity index (χ0v) is 14.7. The lowest BCUT2D eigenvalue weighted by Crippen LogP contribution is -2.86. The van der Waals surface area contributed by atoms with E-state index in [4.69, 9.17) is 4.42 Å². The molecule has 0 aliphatic carbocycles. The molecule has 6 nitrogen and oxygen atoms in total. The number of nitrogens with two attached hydrogens (primary N) is 1. The molecule has 0 aliphatic rings. The van der Waals surface area contributed by atoms with E-state index in [1.165, 1.54) is 0 Å². The summed E-state index contributed by atoms with van der Waals surface area (Å²) in [6, 6.07) is 13.7. The molecule has 2 heterocycles. The molecule has 3 N–H and O–H groups in total. The van der Waals surface area contributed by atoms with E-state index in [1.54, 1.807) is 6.26 Å². The molecule has 3 rings (SSSR count). The number of rotatable bonds is 6. The number of carbonyl (C=O) groups is 1. The largest absolute Gasteiger partial charge is 0.463 e. The van der Waals surface area contributed by atoms with E-state index in [0.717, 1.165) is 28.5 Å². The van der Waals surface area contributed by atoms with Crippen LogP contribution in [0.1, 0.15) is 30.1 Å². The van der Waals surface area contributed by atoms with Gasteiger partial charge in [-0.05, 0) is 45.0 Å². The molecule has 0 unspecified atom stereocenters. The number of benzene rings is 1. The molecule has 0 saturated carbocycles. The lowest BCUT2D eigenvalue weighted by Gasteiger charge is -2.09. The molecule has 1 amide bonds. The SMILES string of the molecule is Cc1nn(-c2ccccc2)c(C)c1NC(=O)C[NH2+][C@@H](C)c1ccco1. The summed E-state index contributed by atoms with van der Waals surface area (Å²) in [5, 5.41) is 9.48. The fourth-order valence-electron chi connectivity index (χ4n) is 2.78. The molecular formula is C19H23N4O2+. The predicted molar refractivity (Wildman–Crippen MR) is 95.6 cm³/mol. The number of hydrogen-bond donors (Lipinski definition) is 2. The van der Waals surface area contributed by atoms with Gasteiger partial charge in [0.25, 0.3) is 5.91 Å². The van der Waals surface area contributed by atoms with Crippen LogP contribution in [0.2, 0.25) is 0 Å². The van der Waals surface area contributed by atoms with Crippen molar-refractivity contribution in [2.24, 2.45) is 0 Å². The Kier molecular flexibility index (Phi) is 5.00. The highest BCUT2D eigenvalue weighted by atomic mass is 16.3. The van der Waals surface area contributed by atoms with Crippen molar-refractivity contribution in [3.63, 3.8) is 0 Å². The first-order chi connectivity index (χ1) is 12.1. The van der Waals surface area contributed by atoms with E-state index in [9.17, 15) is 4.79 Å². The van der Waals surface area contributed by atoms with Gasteiger partial charge in [0.15, 0.2) is 12.3 Å². The van der Waals surface area contributed by atoms with E-state index >= 15 is 0 Å². The van der Waals surface area contributed by atoms with Gasteiger partial charge in [-0.3, -0.25) is 4.79 Å². The molecule has 1 aromatic carbocycles. The Bertz CT molecular complexity index is 838. The average Bonchev–Trinajstić information content (AvgIpc) is 3.25. The maximum absolute atomic E-state index is 12.3. The van der Waals surface area contributed by atoms with Crippen LogP contribution in [0.15, 0.2) is 53.1 Å². The third-order valence-electron chi connectivity index (χ3n) is 4.21. The maximum Gasteiger partial charge on any atom is 0.279 e. The summed E-state index contributed by atoms with van der Waals surface area (Å²) < 4.78 is 7.21. The van der Waals surface area contributed by atoms with Crippen molar-refractivity contribution in [2.45, 2.75) is 26.8 Å². The molecule has 25 heavy (non-hydrogen) atoms. The second-order valence-corrected chi connectivity index (χ2v) is 6.09. The molecule has 0 radical (unpaired) electrons. The lowest BCUT2D eigenvalue weighted by molar-refractivity contribution is -0.684. The van der Waals surface area contributed by atoms with E-state index < -0.39 is 0 Å². The van der Waals surface area contributed by atoms with Crippen LogP contribution in [0.25, 0.3) is 5.69 Å². The van der Waals surface area contributed by atoms with E-state index in [-0.39, 0.29) is 11.9 Å². The summed E-state index contributed by atoms with van der Waals surface area (Å²) in [7, 11) is 0. The van der Waals surface area contributed by atoms with Crippen LogP contribution in [-0.4, -0.2) is 22.2 Å². The van der Waals surface area contributed by atoms with Crippen molar-refractivity contribution >= 4 is 11.6 Å². The highest BCUT2D eigenvalue weighted by Gasteiger charge is 2.18. The van der Waals surface area contributed by atoms with Crippen molar-refractivity contribution in [3.8, 4) is 5.69 Å². The van der Waals surface area contributed by atoms with Crippen LogP contribution >= 0.6 is 0 Å². The van der Waals surface area contributed by atoms with Gasteiger partial charge in [0.2, 0.25) is 0 Å². The van der Waals surface area contributed by atoms with Gasteiger partial charge in [-0.2, -0.15) is 5.10 Å². The highest BCUT2D eigenvalue weighted by Crippen LogP contribution is 2.22. The van der Waals surface area contributed by atoms with Crippen molar-refractivity contribution in [2.75, 3.05) is 11.9 Å². The van der Waals surface area contributed by atoms with Gasteiger partial charge in [-0.25, -0.2) is 4.68 Å². The summed E-state index contributed by atoms with van der Waals surface area (Å²) in [6.07, 6.45) is 1.64. The number of aromatic nitrogens is 2. The minimum absolute atomic E-state index is 0.0581. The normalized spacial score (nSPS) is 12.1. The quantitative estimate of drug-likeness (QED) is 0.724. The first-order valence-electron chi connectivity index (χ1n) is 8.34. The van der Waals surface area contributed by atoms with Gasteiger partial charge < -0.3 is 15.1 Å². The van der Waals surface area contributed by atoms with Gasteiger partial charge in [-0.15, -0.1) is 0 Å². The zero-order valence-electron chi connectivity index (χ0n) is 14.7. The van der Waals surface area contributed by atoms with Gasteiger partial charge in [-0.1, -0.05) is 18.2 Å². The number of aryl methyl sites for hydroxylation is 1. The standard InChI is InChI=1S/C19H22N4O2/c1-13(17-10-7-11-25-17)20-12-18(24)21-19-14(2)22-23(15(19)3)16-8-5-4-6-9-16/h4-11,13,20H,12H2,1-3H3,(H,21,24)/p+1/t13-/m0/s1. The molecule has 130 valence electrons. The van der Waals surface area contributed by atoms with Crippen molar-refractivity contribution in [1.82, 2.24) is 9.78 Å². The number of amides is 1. The van der Waals surface area contributed by atoms with Gasteiger partial charge in [0, 0.05) is 0 Å². The third-order valence-corrected chi connectivity index (χ3v) is 4.21. The molecule has 0 aliphatic heterocycles. The molecule has 0 fully saturated rings. The van der Waals surface area contributed by atoms with Crippen LogP contribution in [0.3, 0.4) is 0 Å². The number of nitrogens with zero attached hydrogens (tertiary/aromatic N) is 2. The highest BCUT2D eigenvalue weighted by molar-refractivity contribution is 5.92. The number of quaternary nitrogens is 1. The molecule has 0 spiro atoms. The topological polar surface area (TPSA) is 76.7 Å². The summed E-state index contributed by atoms with van der Waals surface area (Å²) in [5.41, 5.74) is 3.46. The number of hydrogen-bond acceptors (Lipinski definition) is 3. The van der Waals surface area contributed by atoms with Gasteiger partial charge in [0.1, 0.15) is 6.04 Å². The van der Waals surface area contributed by atoms with Crippen LogP contribution in [0.4, 0.5) is 5.69 Å². The van der Waals surface area contributed by atoms with Crippen LogP contribution in [-0.2, 0) is 4.79 Å². The predicted octanol–water partition coefficient (Wildman–Crippen LogP) is 2.35. The Morgan fingerprint density at radius 3 is 2.68 bits per heavy atom. The third kappa shape index (κ3) is 3.80. The second kappa shape index (κ2) is 7.36. The molecular weight excluding hydrogens is 316 g/mol. The Hall–Kier alpha value is -2.86. The fourth-order valence-corrected chi connectivity index (χ4v) is 2.78. The monoisotopic (exact) mass is 339 g/mol. The molecule has 0 saturated heterocycles. The van der Waals surface area contributed by atoms with Crippen molar-refractivity contribution in [1.29, 1.82) is 0 Å². The summed E-state index contributed by atoms with van der Waals surface area (Å²) in [6.45, 7) is 6.18. The zero-order chi connectivity index (χ0) is 17.8. The Morgan fingerprint density at radius 1 is 1.24 bits per heavy atom. The minimum Gasteiger partial charge on any atom is -0.463 e. The van der Waals surface area contributed by atoms with Crippen LogP contribution in [0.5, 0.6) is 0 Å². The number of nitrogens with one attached hydrogen (secondary N) is 1. The Labute approximate surface area is 146 Å². The van der Waals surface area contributed by atoms with Gasteiger partial charge in [0.05, 0.1) is 29.0 Å². The van der Waals surface area contributed by atoms with E-state index in [1.807, 2.05) is 73.2 Å². The van der Waals surface area contributed by atoms with Crippen LogP contribution in [0, 0.1) is 13.8 Å². The summed E-state index contributed by atoms with van der Waals surface area (Å²) in [4.78, 5) is 12.3. The van der Waals surface area contributed by atoms with Gasteiger partial charge >= 0.3 is 0 Å². The Morgan fingerprint density at radius 2 is 2.00 bits per heavy atom. The van der Waals surface area contributed by atoms with E-state index in [2.05, 4.69) is 10.4 Å². The molecule has 3 aromatic rings. The molecule has 2 aromatic heterocycles. The fraction of sp³-hybridized carbons (Fsp3) is 0.263. The summed E-state index contributed by atoms with van der Waals surface area (Å²) in [5.74, 6) is 0.800. The average molecular weight is 339 g/mol. The smallest absolute Gasteiger partial charge is 0.279 e.